The van der Waals surface area contributed by atoms with E-state index in [4.69, 9.17) is 4.74 Å². The van der Waals surface area contributed by atoms with Crippen LogP contribution in [0.3, 0.4) is 0 Å². The molecule has 25 heavy (non-hydrogen) atoms. The molecule has 0 aliphatic carbocycles. The lowest BCUT2D eigenvalue weighted by Gasteiger charge is -2.16. The van der Waals surface area contributed by atoms with Crippen molar-refractivity contribution in [1.82, 2.24) is 5.32 Å². The molecule has 0 bridgehead atoms. The predicted octanol–water partition coefficient (Wildman–Crippen LogP) is 1.16. The van der Waals surface area contributed by atoms with Crippen molar-refractivity contribution in [2.75, 3.05) is 24.7 Å². The van der Waals surface area contributed by atoms with Crippen LogP contribution in [0.1, 0.15) is 18.9 Å². The topological polar surface area (TPSA) is 102 Å². The van der Waals surface area contributed by atoms with Gasteiger partial charge in [0, 0.05) is 18.7 Å². The van der Waals surface area contributed by atoms with Crippen LogP contribution in [0.25, 0.3) is 0 Å². The summed E-state index contributed by atoms with van der Waals surface area (Å²) in [7, 11) is 0. The number of nitrogens with zero attached hydrogens (tertiary/aromatic N) is 1. The van der Waals surface area contributed by atoms with Gasteiger partial charge in [-0.25, -0.2) is 4.79 Å². The summed E-state index contributed by atoms with van der Waals surface area (Å²) in [5, 5.41) is 1.92. The van der Waals surface area contributed by atoms with Crippen molar-refractivity contribution in [2.24, 2.45) is 5.92 Å². The van der Waals surface area contributed by atoms with E-state index in [1.54, 1.807) is 6.92 Å². The maximum Gasteiger partial charge on any atom is 0.413 e. The van der Waals surface area contributed by atoms with Gasteiger partial charge in [0.2, 0.25) is 5.91 Å². The van der Waals surface area contributed by atoms with E-state index in [1.807, 2.05) is 36.5 Å². The first-order valence-corrected chi connectivity index (χ1v) is 7.91. The van der Waals surface area contributed by atoms with Crippen molar-refractivity contribution < 1.29 is 28.7 Å². The smallest absolute Gasteiger partial charge is 0.413 e. The molecule has 0 saturated carbocycles. The maximum absolute atomic E-state index is 12.1. The Morgan fingerprint density at radius 2 is 1.88 bits per heavy atom. The van der Waals surface area contributed by atoms with Crippen molar-refractivity contribution in [3.63, 3.8) is 0 Å². The SMILES string of the molecule is CCOC(=O)NC(=O)COC(=O)[C@@H]1CC(=O)N(c2ccc(C)cc2)C1. The highest BCUT2D eigenvalue weighted by molar-refractivity contribution is 6.00. The Morgan fingerprint density at radius 3 is 2.52 bits per heavy atom. The molecular formula is C17H20N2O6. The molecule has 1 aromatic carbocycles. The third-order valence-corrected chi connectivity index (χ3v) is 3.67. The molecule has 1 fully saturated rings. The summed E-state index contributed by atoms with van der Waals surface area (Å²) in [6.45, 7) is 3.25. The second kappa shape index (κ2) is 8.27. The number of hydrogen-bond acceptors (Lipinski definition) is 6. The molecule has 2 rings (SSSR count). The van der Waals surface area contributed by atoms with Crippen LogP contribution in [0.2, 0.25) is 0 Å². The Bertz CT molecular complexity index is 670. The number of aryl methyl sites for hydroxylation is 1. The van der Waals surface area contributed by atoms with E-state index in [1.165, 1.54) is 4.90 Å². The second-order valence-corrected chi connectivity index (χ2v) is 5.62. The molecule has 0 aromatic heterocycles. The normalized spacial score (nSPS) is 16.5. The lowest BCUT2D eigenvalue weighted by atomic mass is 10.1. The largest absolute Gasteiger partial charge is 0.455 e. The number of benzene rings is 1. The maximum atomic E-state index is 12.1. The predicted molar refractivity (Wildman–Crippen MR) is 87.8 cm³/mol. The second-order valence-electron chi connectivity index (χ2n) is 5.62. The first kappa shape index (κ1) is 18.4. The molecule has 1 N–H and O–H groups in total. The van der Waals surface area contributed by atoms with Crippen LogP contribution in [-0.4, -0.2) is 43.6 Å². The van der Waals surface area contributed by atoms with Gasteiger partial charge in [0.15, 0.2) is 6.61 Å². The van der Waals surface area contributed by atoms with Gasteiger partial charge in [-0.1, -0.05) is 17.7 Å². The summed E-state index contributed by atoms with van der Waals surface area (Å²) in [5.74, 6) is -2.26. The molecule has 3 amide bonds. The summed E-state index contributed by atoms with van der Waals surface area (Å²) < 4.78 is 9.42. The molecule has 1 saturated heterocycles. The summed E-state index contributed by atoms with van der Waals surface area (Å²) in [4.78, 5) is 48.2. The van der Waals surface area contributed by atoms with Gasteiger partial charge in [0.1, 0.15) is 0 Å². The van der Waals surface area contributed by atoms with Gasteiger partial charge in [-0.15, -0.1) is 0 Å². The van der Waals surface area contributed by atoms with Gasteiger partial charge in [-0.05, 0) is 26.0 Å². The van der Waals surface area contributed by atoms with Crippen LogP contribution in [-0.2, 0) is 23.9 Å². The van der Waals surface area contributed by atoms with Crippen molar-refractivity contribution in [3.8, 4) is 0 Å². The molecule has 1 heterocycles. The molecule has 0 radical (unpaired) electrons. The van der Waals surface area contributed by atoms with Crippen LogP contribution >= 0.6 is 0 Å². The zero-order valence-corrected chi connectivity index (χ0v) is 14.1. The number of rotatable bonds is 5. The van der Waals surface area contributed by atoms with Gasteiger partial charge in [0.05, 0.1) is 12.5 Å². The number of alkyl carbamates (subject to hydrolysis) is 1. The van der Waals surface area contributed by atoms with Gasteiger partial charge in [-0.2, -0.15) is 0 Å². The van der Waals surface area contributed by atoms with E-state index in [-0.39, 0.29) is 25.5 Å². The molecule has 134 valence electrons. The fourth-order valence-corrected chi connectivity index (χ4v) is 2.41. The van der Waals surface area contributed by atoms with Crippen molar-refractivity contribution in [2.45, 2.75) is 20.3 Å². The average Bonchev–Trinajstić information content (AvgIpc) is 2.95. The number of nitrogens with one attached hydrogen (secondary N) is 1. The highest BCUT2D eigenvalue weighted by atomic mass is 16.6. The number of carbonyl (C=O) groups excluding carboxylic acids is 4. The van der Waals surface area contributed by atoms with Gasteiger partial charge in [-0.3, -0.25) is 19.7 Å². The molecule has 0 spiro atoms. The Hall–Kier alpha value is -2.90. The number of esters is 1. The van der Waals surface area contributed by atoms with E-state index < -0.39 is 30.5 Å². The van der Waals surface area contributed by atoms with Crippen LogP contribution < -0.4 is 10.2 Å². The standard InChI is InChI=1S/C17H20N2O6/c1-3-24-17(23)18-14(20)10-25-16(22)12-8-15(21)19(9-12)13-6-4-11(2)5-7-13/h4-7,12H,3,8-10H2,1-2H3,(H,18,20,23)/t12-/m1/s1. The zero-order chi connectivity index (χ0) is 18.4. The third-order valence-electron chi connectivity index (χ3n) is 3.67. The van der Waals surface area contributed by atoms with Crippen LogP contribution in [0.5, 0.6) is 0 Å². The van der Waals surface area contributed by atoms with Crippen molar-refractivity contribution in [3.05, 3.63) is 29.8 Å². The molecule has 1 atom stereocenters. The Labute approximate surface area is 145 Å². The lowest BCUT2D eigenvalue weighted by Crippen LogP contribution is -2.35. The number of anilines is 1. The van der Waals surface area contributed by atoms with Crippen LogP contribution in [0.4, 0.5) is 10.5 Å². The number of ether oxygens (including phenoxy) is 2. The van der Waals surface area contributed by atoms with Gasteiger partial charge in [0.25, 0.3) is 5.91 Å². The highest BCUT2D eigenvalue weighted by Crippen LogP contribution is 2.26. The minimum Gasteiger partial charge on any atom is -0.455 e. The summed E-state index contributed by atoms with van der Waals surface area (Å²) in [5.41, 5.74) is 1.78. The number of imide groups is 1. The molecule has 1 aliphatic heterocycles. The van der Waals surface area contributed by atoms with Crippen molar-refractivity contribution >= 4 is 29.6 Å². The summed E-state index contributed by atoms with van der Waals surface area (Å²) >= 11 is 0. The molecular weight excluding hydrogens is 328 g/mol. The fourth-order valence-electron chi connectivity index (χ4n) is 2.41. The number of carbonyl (C=O) groups is 4. The average molecular weight is 348 g/mol. The first-order chi connectivity index (χ1) is 11.9. The quantitative estimate of drug-likeness (QED) is 0.801. The third kappa shape index (κ3) is 5.03. The van der Waals surface area contributed by atoms with E-state index in [0.29, 0.717) is 5.69 Å². The van der Waals surface area contributed by atoms with E-state index in [9.17, 15) is 19.2 Å². The Kier molecular flexibility index (Phi) is 6.10. The molecule has 1 aliphatic rings. The molecule has 1 aromatic rings. The Morgan fingerprint density at radius 1 is 1.20 bits per heavy atom. The molecule has 8 nitrogen and oxygen atoms in total. The first-order valence-electron chi connectivity index (χ1n) is 7.91. The van der Waals surface area contributed by atoms with E-state index >= 15 is 0 Å². The minimum atomic E-state index is -0.898. The number of hydrogen-bond donors (Lipinski definition) is 1. The number of amides is 3. The Balaban J connectivity index is 1.85. The van der Waals surface area contributed by atoms with Crippen LogP contribution in [0, 0.1) is 12.8 Å². The summed E-state index contributed by atoms with van der Waals surface area (Å²) in [6.07, 6.45) is -0.878. The lowest BCUT2D eigenvalue weighted by molar-refractivity contribution is -0.152. The summed E-state index contributed by atoms with van der Waals surface area (Å²) in [6, 6.07) is 7.39. The van der Waals surface area contributed by atoms with Gasteiger partial charge >= 0.3 is 12.1 Å². The monoisotopic (exact) mass is 348 g/mol. The molecule has 0 unspecified atom stereocenters. The van der Waals surface area contributed by atoms with E-state index in [0.717, 1.165) is 5.56 Å². The zero-order valence-electron chi connectivity index (χ0n) is 14.1. The van der Waals surface area contributed by atoms with Crippen molar-refractivity contribution in [1.29, 1.82) is 0 Å². The van der Waals surface area contributed by atoms with Gasteiger partial charge < -0.3 is 14.4 Å². The minimum absolute atomic E-state index is 0.0200. The fraction of sp³-hybridized carbons (Fsp3) is 0.412. The molecule has 8 heteroatoms. The van der Waals surface area contributed by atoms with E-state index in [2.05, 4.69) is 4.74 Å². The highest BCUT2D eigenvalue weighted by Gasteiger charge is 2.36. The van der Waals surface area contributed by atoms with Crippen LogP contribution in [0.15, 0.2) is 24.3 Å².